The summed E-state index contributed by atoms with van der Waals surface area (Å²) in [5, 5.41) is 21.3. The lowest BCUT2D eigenvalue weighted by Crippen LogP contribution is -2.59. The maximum Gasteiger partial charge on any atom is 0.352 e. The van der Waals surface area contributed by atoms with Crippen molar-refractivity contribution in [3.63, 3.8) is 0 Å². The van der Waals surface area contributed by atoms with Crippen LogP contribution in [0.5, 0.6) is 5.75 Å². The van der Waals surface area contributed by atoms with Crippen molar-refractivity contribution in [2.24, 2.45) is 0 Å². The van der Waals surface area contributed by atoms with Crippen LogP contribution in [0, 0.1) is 0 Å². The normalized spacial score (nSPS) is 17.4. The van der Waals surface area contributed by atoms with Gasteiger partial charge in [-0.3, -0.25) is 4.79 Å². The summed E-state index contributed by atoms with van der Waals surface area (Å²) in [6.07, 6.45) is 0.905. The van der Waals surface area contributed by atoms with Crippen LogP contribution in [-0.4, -0.2) is 27.6 Å². The molecule has 1 saturated carbocycles. The summed E-state index contributed by atoms with van der Waals surface area (Å²) in [4.78, 5) is 11.7. The first-order chi connectivity index (χ1) is 9.30. The summed E-state index contributed by atoms with van der Waals surface area (Å²) >= 11 is 0. The molecule has 0 aromatic heterocycles. The minimum absolute atomic E-state index is 0.0723. The van der Waals surface area contributed by atoms with E-state index in [0.29, 0.717) is 12.8 Å². The number of hydrogen-bond acceptors (Lipinski definition) is 3. The quantitative estimate of drug-likeness (QED) is 0.744. The molecule has 6 heteroatoms. The first-order valence-corrected chi connectivity index (χ1v) is 6.54. The van der Waals surface area contributed by atoms with Crippen molar-refractivity contribution in [2.45, 2.75) is 44.1 Å². The number of carbonyl (C=O) groups is 1. The molecule has 3 N–H and O–H groups in total. The van der Waals surface area contributed by atoms with E-state index in [1.54, 1.807) is 6.07 Å². The number of phenolic OH excluding ortho intramolecular Hbond substituents is 1. The Hall–Kier alpha value is -1.69. The third-order valence-corrected chi connectivity index (χ3v) is 3.77. The lowest BCUT2D eigenvalue weighted by Gasteiger charge is -2.41. The number of amides is 1. The van der Waals surface area contributed by atoms with Crippen LogP contribution in [0.25, 0.3) is 0 Å². The largest absolute Gasteiger partial charge is 0.506 e. The van der Waals surface area contributed by atoms with Gasteiger partial charge in [-0.1, -0.05) is 13.0 Å². The zero-order valence-electron chi connectivity index (χ0n) is 11.1. The molecule has 0 unspecified atom stereocenters. The van der Waals surface area contributed by atoms with Gasteiger partial charge >= 0.3 is 5.92 Å². The number of carbonyl (C=O) groups excluding carboxylic acids is 1. The summed E-state index contributed by atoms with van der Waals surface area (Å²) in [6, 6.07) is 4.42. The van der Waals surface area contributed by atoms with Crippen LogP contribution in [-0.2, 0) is 11.2 Å². The van der Waals surface area contributed by atoms with Gasteiger partial charge in [0, 0.05) is 0 Å². The van der Waals surface area contributed by atoms with Gasteiger partial charge in [0.25, 0.3) is 5.91 Å². The predicted octanol–water partition coefficient (Wildman–Crippen LogP) is 2.44. The van der Waals surface area contributed by atoms with Crippen molar-refractivity contribution in [3.05, 3.63) is 23.8 Å². The molecule has 1 fully saturated rings. The van der Waals surface area contributed by atoms with Gasteiger partial charge < -0.3 is 15.5 Å². The Kier molecular flexibility index (Phi) is 3.69. The first-order valence-electron chi connectivity index (χ1n) is 6.54. The molecule has 1 aliphatic carbocycles. The number of aliphatic hydroxyl groups is 1. The molecule has 110 valence electrons. The second-order valence-corrected chi connectivity index (χ2v) is 5.12. The van der Waals surface area contributed by atoms with E-state index in [0.717, 1.165) is 5.56 Å². The molecule has 20 heavy (non-hydrogen) atoms. The molecule has 0 radical (unpaired) electrons. The number of benzene rings is 1. The lowest BCUT2D eigenvalue weighted by molar-refractivity contribution is -0.212. The van der Waals surface area contributed by atoms with E-state index in [4.69, 9.17) is 0 Å². The van der Waals surface area contributed by atoms with Crippen LogP contribution in [0.2, 0.25) is 0 Å². The number of nitrogens with one attached hydrogen (secondary N) is 1. The minimum Gasteiger partial charge on any atom is -0.506 e. The lowest BCUT2D eigenvalue weighted by atomic mass is 9.75. The summed E-state index contributed by atoms with van der Waals surface area (Å²) < 4.78 is 27.8. The molecule has 0 atom stereocenters. The van der Waals surface area contributed by atoms with E-state index in [-0.39, 0.29) is 24.3 Å². The molecule has 0 spiro atoms. The third kappa shape index (κ3) is 2.35. The highest BCUT2D eigenvalue weighted by atomic mass is 19.3. The van der Waals surface area contributed by atoms with Gasteiger partial charge in [0.05, 0.1) is 5.69 Å². The number of anilines is 1. The van der Waals surface area contributed by atoms with Crippen LogP contribution >= 0.6 is 0 Å². The molecule has 1 aromatic carbocycles. The molecule has 2 rings (SSSR count). The molecular formula is C14H17F2NO3. The Morgan fingerprint density at radius 1 is 1.45 bits per heavy atom. The number of phenols is 1. The summed E-state index contributed by atoms with van der Waals surface area (Å²) in [6.45, 7) is 1.86. The van der Waals surface area contributed by atoms with Gasteiger partial charge in [0.1, 0.15) is 11.4 Å². The predicted molar refractivity (Wildman–Crippen MR) is 69.9 cm³/mol. The van der Waals surface area contributed by atoms with E-state index in [2.05, 4.69) is 0 Å². The average molecular weight is 285 g/mol. The smallest absolute Gasteiger partial charge is 0.352 e. The van der Waals surface area contributed by atoms with Gasteiger partial charge in [-0.25, -0.2) is 0 Å². The van der Waals surface area contributed by atoms with Crippen LogP contribution in [0.1, 0.15) is 31.7 Å². The fourth-order valence-corrected chi connectivity index (χ4v) is 2.14. The molecule has 4 nitrogen and oxygen atoms in total. The van der Waals surface area contributed by atoms with Crippen LogP contribution < -0.4 is 5.32 Å². The van der Waals surface area contributed by atoms with E-state index < -0.39 is 17.4 Å². The Morgan fingerprint density at radius 3 is 2.60 bits per heavy atom. The second-order valence-electron chi connectivity index (χ2n) is 5.12. The van der Waals surface area contributed by atoms with Crippen molar-refractivity contribution in [2.75, 3.05) is 5.32 Å². The molecule has 0 bridgehead atoms. The number of rotatable bonds is 4. The molecule has 0 saturated heterocycles. The van der Waals surface area contributed by atoms with Crippen molar-refractivity contribution in [3.8, 4) is 5.75 Å². The Bertz CT molecular complexity index is 527. The zero-order chi connectivity index (χ0) is 15.0. The highest BCUT2D eigenvalue weighted by Crippen LogP contribution is 2.44. The molecule has 1 aliphatic rings. The van der Waals surface area contributed by atoms with E-state index >= 15 is 0 Å². The maximum absolute atomic E-state index is 13.9. The van der Waals surface area contributed by atoms with Crippen LogP contribution in [0.15, 0.2) is 18.2 Å². The Labute approximate surface area is 115 Å². The van der Waals surface area contributed by atoms with Crippen molar-refractivity contribution >= 4 is 11.6 Å². The standard InChI is InChI=1S/C14H17F2NO3/c1-2-9-4-5-11(18)10(8-9)17-12(19)14(15,16)13(20)6-3-7-13/h4-5,8,18,20H,2-3,6-7H2,1H3,(H,17,19). The second kappa shape index (κ2) is 5.01. The van der Waals surface area contributed by atoms with E-state index in [1.807, 2.05) is 12.2 Å². The number of aryl methyl sites for hydroxylation is 1. The van der Waals surface area contributed by atoms with Gasteiger partial charge in [0.2, 0.25) is 0 Å². The summed E-state index contributed by atoms with van der Waals surface area (Å²) in [7, 11) is 0. The minimum atomic E-state index is -3.88. The number of hydrogen-bond donors (Lipinski definition) is 3. The van der Waals surface area contributed by atoms with Gasteiger partial charge in [-0.15, -0.1) is 0 Å². The first kappa shape index (κ1) is 14.7. The maximum atomic E-state index is 13.9. The molecule has 1 amide bonds. The number of halogens is 2. The molecule has 0 heterocycles. The SMILES string of the molecule is CCc1ccc(O)c(NC(=O)C(F)(F)C2(O)CCC2)c1. The van der Waals surface area contributed by atoms with Crippen molar-refractivity contribution in [1.82, 2.24) is 0 Å². The monoisotopic (exact) mass is 285 g/mol. The average Bonchev–Trinajstić information content (AvgIpc) is 2.38. The fourth-order valence-electron chi connectivity index (χ4n) is 2.14. The van der Waals surface area contributed by atoms with Crippen molar-refractivity contribution in [1.29, 1.82) is 0 Å². The van der Waals surface area contributed by atoms with Gasteiger partial charge in [-0.05, 0) is 43.4 Å². The van der Waals surface area contributed by atoms with Crippen LogP contribution in [0.3, 0.4) is 0 Å². The highest BCUT2D eigenvalue weighted by molar-refractivity contribution is 5.98. The van der Waals surface area contributed by atoms with E-state index in [1.165, 1.54) is 12.1 Å². The number of alkyl halides is 2. The topological polar surface area (TPSA) is 69.6 Å². The van der Waals surface area contributed by atoms with Crippen LogP contribution in [0.4, 0.5) is 14.5 Å². The van der Waals surface area contributed by atoms with E-state index in [9.17, 15) is 23.8 Å². The molecule has 1 aromatic rings. The fraction of sp³-hybridized carbons (Fsp3) is 0.500. The summed E-state index contributed by atoms with van der Waals surface area (Å²) in [5.74, 6) is -5.75. The van der Waals surface area contributed by atoms with Gasteiger partial charge in [0.15, 0.2) is 0 Å². The highest BCUT2D eigenvalue weighted by Gasteiger charge is 2.61. The zero-order valence-corrected chi connectivity index (χ0v) is 11.1. The number of aromatic hydroxyl groups is 1. The molecular weight excluding hydrogens is 268 g/mol. The Balaban J connectivity index is 2.19. The molecule has 0 aliphatic heterocycles. The third-order valence-electron chi connectivity index (χ3n) is 3.77. The summed E-state index contributed by atoms with van der Waals surface area (Å²) in [5.41, 5.74) is -1.55. The Morgan fingerprint density at radius 2 is 2.10 bits per heavy atom. The van der Waals surface area contributed by atoms with Crippen molar-refractivity contribution < 1.29 is 23.8 Å². The van der Waals surface area contributed by atoms with Gasteiger partial charge in [-0.2, -0.15) is 8.78 Å².